The monoisotopic (exact) mass is 496 g/mol. The third kappa shape index (κ3) is 5.72. The Morgan fingerprint density at radius 3 is 2.57 bits per heavy atom. The number of hydrogen-bond acceptors (Lipinski definition) is 7. The van der Waals surface area contributed by atoms with Gasteiger partial charge in [0.15, 0.2) is 0 Å². The highest BCUT2D eigenvalue weighted by molar-refractivity contribution is 6.30. The van der Waals surface area contributed by atoms with Crippen molar-refractivity contribution in [2.24, 2.45) is 0 Å². The zero-order valence-electron chi connectivity index (χ0n) is 19.0. The lowest BCUT2D eigenvalue weighted by molar-refractivity contribution is 0.1000. The molecule has 2 N–H and O–H groups in total. The summed E-state index contributed by atoms with van der Waals surface area (Å²) in [5.74, 6) is -0.0606. The molecule has 2 heterocycles. The number of halogens is 2. The molecule has 182 valence electrons. The van der Waals surface area contributed by atoms with Crippen molar-refractivity contribution in [3.05, 3.63) is 88.5 Å². The molecular weight excluding hydrogens is 471 g/mol. The topological polar surface area (TPSA) is 92.9 Å². The number of aromatic nitrogens is 1. The Hall–Kier alpha value is -3.22. The third-order valence-corrected chi connectivity index (χ3v) is 6.38. The molecule has 0 radical (unpaired) electrons. The van der Waals surface area contributed by atoms with E-state index < -0.39 is 5.82 Å². The zero-order valence-corrected chi connectivity index (χ0v) is 19.8. The van der Waals surface area contributed by atoms with Crippen LogP contribution in [0.15, 0.2) is 60.8 Å². The number of hydrogen-bond donors (Lipinski definition) is 2. The Morgan fingerprint density at radius 1 is 1.14 bits per heavy atom. The number of aliphatic hydroxyl groups is 2. The second-order valence-corrected chi connectivity index (χ2v) is 8.66. The fourth-order valence-corrected chi connectivity index (χ4v) is 4.51. The fourth-order valence-electron chi connectivity index (χ4n) is 4.38. The Bertz CT molecular complexity index is 1170. The normalized spacial score (nSPS) is 17.1. The van der Waals surface area contributed by atoms with Gasteiger partial charge in [0.05, 0.1) is 42.2 Å². The van der Waals surface area contributed by atoms with Crippen molar-refractivity contribution in [1.82, 2.24) is 9.88 Å². The molecule has 1 aliphatic heterocycles. The van der Waals surface area contributed by atoms with Gasteiger partial charge in [-0.1, -0.05) is 23.7 Å². The summed E-state index contributed by atoms with van der Waals surface area (Å²) >= 11 is 6.11. The molecule has 7 nitrogen and oxygen atoms in total. The molecule has 0 bridgehead atoms. The second-order valence-electron chi connectivity index (χ2n) is 8.22. The van der Waals surface area contributed by atoms with Crippen LogP contribution in [0.25, 0.3) is 0 Å². The van der Waals surface area contributed by atoms with Gasteiger partial charge in [0.2, 0.25) is 0 Å². The molecule has 1 aromatic heterocycles. The largest absolute Gasteiger partial charge is 0.491 e. The average Bonchev–Trinajstić information content (AvgIpc) is 2.89. The molecule has 1 aliphatic rings. The highest BCUT2D eigenvalue weighted by Crippen LogP contribution is 2.36. The van der Waals surface area contributed by atoms with Gasteiger partial charge < -0.3 is 19.8 Å². The van der Waals surface area contributed by atoms with Gasteiger partial charge in [-0.25, -0.2) is 4.39 Å². The molecule has 0 unspecified atom stereocenters. The number of ether oxygens (including phenoxy) is 1. The summed E-state index contributed by atoms with van der Waals surface area (Å²) in [6.07, 6.45) is 1.50. The van der Waals surface area contributed by atoms with Crippen molar-refractivity contribution in [2.75, 3.05) is 44.4 Å². The van der Waals surface area contributed by atoms with Crippen LogP contribution in [0.1, 0.15) is 28.9 Å². The Labute approximate surface area is 208 Å². The number of piperazine rings is 1. The van der Waals surface area contributed by atoms with Gasteiger partial charge in [-0.2, -0.15) is 5.26 Å². The SMILES string of the molecule is N#Cc1ccc([C@@H](CO)N2CCN(c3ccc(OCCO)cc3F)[C@H](c3ccc(Cl)cc3)C2)nc1. The molecule has 35 heavy (non-hydrogen) atoms. The predicted octanol–water partition coefficient (Wildman–Crippen LogP) is 3.71. The molecule has 2 aromatic carbocycles. The lowest BCUT2D eigenvalue weighted by atomic mass is 9.99. The number of aliphatic hydroxyl groups excluding tert-OH is 2. The number of rotatable bonds is 8. The van der Waals surface area contributed by atoms with E-state index in [4.69, 9.17) is 26.7 Å². The standard InChI is InChI=1S/C26H26ClFN4O3/c27-20-4-2-19(3-5-20)25-16-31(26(17-34)23-7-1-18(14-29)15-30-23)9-10-32(25)24-8-6-21(13-22(24)28)35-12-11-33/h1-8,13,15,25-26,33-34H,9-12,16-17H2/t25-,26+/m0/s1. The first kappa shape index (κ1) is 24.9. The number of nitrogens with zero attached hydrogens (tertiary/aromatic N) is 4. The fraction of sp³-hybridized carbons (Fsp3) is 0.308. The van der Waals surface area contributed by atoms with Gasteiger partial charge >= 0.3 is 0 Å². The highest BCUT2D eigenvalue weighted by atomic mass is 35.5. The van der Waals surface area contributed by atoms with E-state index in [2.05, 4.69) is 16.0 Å². The van der Waals surface area contributed by atoms with Crippen LogP contribution in [0.3, 0.4) is 0 Å². The first-order valence-electron chi connectivity index (χ1n) is 11.3. The van der Waals surface area contributed by atoms with Gasteiger partial charge in [0.25, 0.3) is 0 Å². The van der Waals surface area contributed by atoms with E-state index in [9.17, 15) is 5.11 Å². The number of nitriles is 1. The molecule has 4 rings (SSSR count). The van der Waals surface area contributed by atoms with Crippen LogP contribution in [0.4, 0.5) is 10.1 Å². The number of benzene rings is 2. The Balaban J connectivity index is 1.64. The first-order chi connectivity index (χ1) is 17.0. The minimum atomic E-state index is -0.416. The van der Waals surface area contributed by atoms with Crippen molar-refractivity contribution in [3.63, 3.8) is 0 Å². The van der Waals surface area contributed by atoms with Crippen molar-refractivity contribution >= 4 is 17.3 Å². The Kier molecular flexibility index (Phi) is 8.16. The van der Waals surface area contributed by atoms with Gasteiger partial charge in [-0.05, 0) is 42.0 Å². The summed E-state index contributed by atoms with van der Waals surface area (Å²) in [5, 5.41) is 28.8. The van der Waals surface area contributed by atoms with E-state index in [0.717, 1.165) is 5.56 Å². The molecule has 0 saturated carbocycles. The summed E-state index contributed by atoms with van der Waals surface area (Å²) in [7, 11) is 0. The van der Waals surface area contributed by atoms with E-state index in [-0.39, 0.29) is 31.9 Å². The average molecular weight is 497 g/mol. The maximum absolute atomic E-state index is 15.2. The van der Waals surface area contributed by atoms with Crippen LogP contribution in [0.5, 0.6) is 5.75 Å². The quantitative estimate of drug-likeness (QED) is 0.491. The molecule has 0 spiro atoms. The highest BCUT2D eigenvalue weighted by Gasteiger charge is 2.34. The van der Waals surface area contributed by atoms with Gasteiger partial charge in [0.1, 0.15) is 24.2 Å². The molecule has 1 fully saturated rings. The smallest absolute Gasteiger partial charge is 0.150 e. The van der Waals surface area contributed by atoms with Gasteiger partial charge in [-0.3, -0.25) is 9.88 Å². The molecule has 2 atom stereocenters. The number of anilines is 1. The van der Waals surface area contributed by atoms with Crippen LogP contribution in [0.2, 0.25) is 5.02 Å². The third-order valence-electron chi connectivity index (χ3n) is 6.13. The van der Waals surface area contributed by atoms with E-state index in [1.165, 1.54) is 12.3 Å². The minimum Gasteiger partial charge on any atom is -0.491 e. The molecular formula is C26H26ClFN4O3. The van der Waals surface area contributed by atoms with Crippen molar-refractivity contribution in [3.8, 4) is 11.8 Å². The van der Waals surface area contributed by atoms with Crippen LogP contribution in [0, 0.1) is 17.1 Å². The zero-order chi connectivity index (χ0) is 24.8. The van der Waals surface area contributed by atoms with E-state index in [1.54, 1.807) is 24.3 Å². The molecule has 3 aromatic rings. The van der Waals surface area contributed by atoms with E-state index in [0.29, 0.717) is 47.4 Å². The summed E-state index contributed by atoms with van der Waals surface area (Å²) in [6, 6.07) is 17.1. The summed E-state index contributed by atoms with van der Waals surface area (Å²) in [5.41, 5.74) is 2.53. The lowest BCUT2D eigenvalue weighted by Crippen LogP contribution is -2.50. The van der Waals surface area contributed by atoms with Crippen molar-refractivity contribution in [2.45, 2.75) is 12.1 Å². The van der Waals surface area contributed by atoms with Gasteiger partial charge in [0, 0.05) is 36.9 Å². The van der Waals surface area contributed by atoms with Crippen LogP contribution in [-0.4, -0.2) is 59.6 Å². The van der Waals surface area contributed by atoms with E-state index >= 15 is 4.39 Å². The molecule has 1 saturated heterocycles. The van der Waals surface area contributed by atoms with Crippen molar-refractivity contribution < 1.29 is 19.3 Å². The van der Waals surface area contributed by atoms with Crippen LogP contribution < -0.4 is 9.64 Å². The molecule has 0 amide bonds. The van der Waals surface area contributed by atoms with E-state index in [1.807, 2.05) is 29.2 Å². The predicted molar refractivity (Wildman–Crippen MR) is 131 cm³/mol. The molecule has 0 aliphatic carbocycles. The maximum Gasteiger partial charge on any atom is 0.150 e. The summed E-state index contributed by atoms with van der Waals surface area (Å²) in [4.78, 5) is 8.52. The first-order valence-corrected chi connectivity index (χ1v) is 11.7. The van der Waals surface area contributed by atoms with Crippen molar-refractivity contribution in [1.29, 1.82) is 5.26 Å². The molecule has 9 heteroatoms. The van der Waals surface area contributed by atoms with Crippen LogP contribution >= 0.6 is 11.6 Å². The summed E-state index contributed by atoms with van der Waals surface area (Å²) < 4.78 is 20.5. The van der Waals surface area contributed by atoms with Crippen LogP contribution in [-0.2, 0) is 0 Å². The Morgan fingerprint density at radius 2 is 1.94 bits per heavy atom. The number of pyridine rings is 1. The maximum atomic E-state index is 15.2. The minimum absolute atomic E-state index is 0.0940. The summed E-state index contributed by atoms with van der Waals surface area (Å²) in [6.45, 7) is 1.39. The lowest BCUT2D eigenvalue weighted by Gasteiger charge is -2.45. The second kappa shape index (κ2) is 11.5. The van der Waals surface area contributed by atoms with Gasteiger partial charge in [-0.15, -0.1) is 0 Å².